The van der Waals surface area contributed by atoms with Crippen molar-refractivity contribution in [2.24, 2.45) is 0 Å². The number of carbonyl (C=O) groups excluding carboxylic acids is 1. The summed E-state index contributed by atoms with van der Waals surface area (Å²) in [7, 11) is 0. The number of aromatic amines is 1. The van der Waals surface area contributed by atoms with E-state index in [0.717, 1.165) is 34.8 Å². The van der Waals surface area contributed by atoms with Gasteiger partial charge in [-0.05, 0) is 49.2 Å². The minimum Gasteiger partial charge on any atom is -0.469 e. The highest BCUT2D eigenvalue weighted by Crippen LogP contribution is 2.38. The fraction of sp³-hybridized carbons (Fsp3) is 0.250. The first-order chi connectivity index (χ1) is 14.2. The van der Waals surface area contributed by atoms with E-state index in [9.17, 15) is 4.79 Å². The summed E-state index contributed by atoms with van der Waals surface area (Å²) in [4.78, 5) is 23.6. The summed E-state index contributed by atoms with van der Waals surface area (Å²) >= 11 is 0. The first kappa shape index (κ1) is 17.7. The van der Waals surface area contributed by atoms with Gasteiger partial charge in [0.2, 0.25) is 5.91 Å². The van der Waals surface area contributed by atoms with Crippen molar-refractivity contribution in [1.29, 1.82) is 0 Å². The van der Waals surface area contributed by atoms with Crippen molar-refractivity contribution in [2.75, 3.05) is 6.54 Å². The third-order valence-corrected chi connectivity index (χ3v) is 5.71. The van der Waals surface area contributed by atoms with Gasteiger partial charge in [0.1, 0.15) is 11.8 Å². The van der Waals surface area contributed by atoms with Crippen LogP contribution in [0.2, 0.25) is 0 Å². The average molecular weight is 385 g/mol. The maximum absolute atomic E-state index is 13.2. The summed E-state index contributed by atoms with van der Waals surface area (Å²) in [5.74, 6) is 0.964. The summed E-state index contributed by atoms with van der Waals surface area (Å²) in [6, 6.07) is 17.9. The predicted octanol–water partition coefficient (Wildman–Crippen LogP) is 4.57. The van der Waals surface area contributed by atoms with Crippen molar-refractivity contribution in [3.63, 3.8) is 0 Å². The number of aryl methyl sites for hydroxylation is 2. The lowest BCUT2D eigenvalue weighted by Crippen LogP contribution is -2.41. The molecule has 1 aromatic carbocycles. The van der Waals surface area contributed by atoms with E-state index in [2.05, 4.69) is 23.2 Å². The van der Waals surface area contributed by atoms with Crippen LogP contribution in [-0.4, -0.2) is 27.3 Å². The number of furan rings is 1. The van der Waals surface area contributed by atoms with Gasteiger partial charge in [0, 0.05) is 41.7 Å². The van der Waals surface area contributed by atoms with Gasteiger partial charge in [0.15, 0.2) is 0 Å². The van der Waals surface area contributed by atoms with Gasteiger partial charge in [0.25, 0.3) is 0 Å². The Labute approximate surface area is 169 Å². The molecule has 0 saturated carbocycles. The van der Waals surface area contributed by atoms with E-state index in [-0.39, 0.29) is 11.9 Å². The fourth-order valence-electron chi connectivity index (χ4n) is 4.36. The van der Waals surface area contributed by atoms with Crippen molar-refractivity contribution in [2.45, 2.75) is 32.2 Å². The topological polar surface area (TPSA) is 62.1 Å². The first-order valence-corrected chi connectivity index (χ1v) is 10.1. The van der Waals surface area contributed by atoms with E-state index in [1.807, 2.05) is 48.2 Å². The first-order valence-electron chi connectivity index (χ1n) is 10.1. The fourth-order valence-corrected chi connectivity index (χ4v) is 4.36. The van der Waals surface area contributed by atoms with Crippen molar-refractivity contribution < 1.29 is 9.21 Å². The number of aromatic nitrogens is 2. The molecular weight excluding hydrogens is 362 g/mol. The molecule has 0 radical (unpaired) electrons. The third kappa shape index (κ3) is 3.23. The average Bonchev–Trinajstić information content (AvgIpc) is 3.38. The molecule has 0 fully saturated rings. The molecule has 0 saturated heterocycles. The molecule has 5 rings (SSSR count). The second kappa shape index (κ2) is 7.24. The maximum Gasteiger partial charge on any atom is 0.223 e. The zero-order chi connectivity index (χ0) is 19.8. The molecule has 0 bridgehead atoms. The number of pyridine rings is 1. The molecular formula is C24H23N3O2. The number of amides is 1. The number of hydrogen-bond acceptors (Lipinski definition) is 3. The molecule has 1 aliphatic heterocycles. The Hall–Kier alpha value is -3.34. The van der Waals surface area contributed by atoms with Crippen molar-refractivity contribution in [3.05, 3.63) is 89.3 Å². The zero-order valence-electron chi connectivity index (χ0n) is 16.4. The Morgan fingerprint density at radius 2 is 2.07 bits per heavy atom. The molecule has 5 heteroatoms. The van der Waals surface area contributed by atoms with Gasteiger partial charge < -0.3 is 14.3 Å². The van der Waals surface area contributed by atoms with E-state index in [1.54, 1.807) is 6.26 Å². The van der Waals surface area contributed by atoms with E-state index < -0.39 is 0 Å². The summed E-state index contributed by atoms with van der Waals surface area (Å²) in [5.41, 5.74) is 5.35. The van der Waals surface area contributed by atoms with E-state index in [1.165, 1.54) is 10.9 Å². The number of benzene rings is 1. The monoisotopic (exact) mass is 385 g/mol. The van der Waals surface area contributed by atoms with Crippen LogP contribution in [0.25, 0.3) is 10.9 Å². The van der Waals surface area contributed by atoms with E-state index in [0.29, 0.717) is 19.4 Å². The van der Waals surface area contributed by atoms with Crippen LogP contribution in [-0.2, 0) is 17.6 Å². The molecule has 3 aromatic heterocycles. The highest BCUT2D eigenvalue weighted by molar-refractivity contribution is 5.86. The van der Waals surface area contributed by atoms with Gasteiger partial charge in [-0.25, -0.2) is 0 Å². The summed E-state index contributed by atoms with van der Waals surface area (Å²) in [5, 5.41) is 1.24. The van der Waals surface area contributed by atoms with Gasteiger partial charge in [-0.2, -0.15) is 0 Å². The van der Waals surface area contributed by atoms with Gasteiger partial charge in [-0.1, -0.05) is 24.3 Å². The SMILES string of the molecule is Cc1cccc([C@@H]2c3[nH]c4ccccc4c3CCN2C(=O)CCc2ccco2)n1. The lowest BCUT2D eigenvalue weighted by Gasteiger charge is -2.35. The van der Waals surface area contributed by atoms with Crippen LogP contribution in [0.4, 0.5) is 0 Å². The number of nitrogens with zero attached hydrogens (tertiary/aromatic N) is 2. The minimum atomic E-state index is -0.199. The maximum atomic E-state index is 13.2. The van der Waals surface area contributed by atoms with E-state index >= 15 is 0 Å². The predicted molar refractivity (Wildman–Crippen MR) is 112 cm³/mol. The van der Waals surface area contributed by atoms with Crippen molar-refractivity contribution in [3.8, 4) is 0 Å². The van der Waals surface area contributed by atoms with Crippen LogP contribution in [0.1, 0.15) is 40.9 Å². The molecule has 1 amide bonds. The Kier molecular flexibility index (Phi) is 4.43. The summed E-state index contributed by atoms with van der Waals surface area (Å²) in [6.45, 7) is 2.67. The van der Waals surface area contributed by atoms with Gasteiger partial charge in [-0.3, -0.25) is 9.78 Å². The molecule has 0 unspecified atom stereocenters. The Bertz CT molecular complexity index is 1160. The minimum absolute atomic E-state index is 0.124. The molecule has 1 N–H and O–H groups in total. The van der Waals surface area contributed by atoms with Crippen LogP contribution >= 0.6 is 0 Å². The summed E-state index contributed by atoms with van der Waals surface area (Å²) < 4.78 is 5.41. The molecule has 0 aliphatic carbocycles. The number of para-hydroxylation sites is 1. The normalized spacial score (nSPS) is 16.2. The van der Waals surface area contributed by atoms with Gasteiger partial charge >= 0.3 is 0 Å². The number of rotatable bonds is 4. The molecule has 4 heterocycles. The van der Waals surface area contributed by atoms with Crippen LogP contribution in [0.15, 0.2) is 65.3 Å². The highest BCUT2D eigenvalue weighted by Gasteiger charge is 2.35. The van der Waals surface area contributed by atoms with Gasteiger partial charge in [0.05, 0.1) is 12.0 Å². The number of nitrogens with one attached hydrogen (secondary N) is 1. The highest BCUT2D eigenvalue weighted by atomic mass is 16.3. The molecule has 29 heavy (non-hydrogen) atoms. The summed E-state index contributed by atoms with van der Waals surface area (Å²) in [6.07, 6.45) is 3.52. The number of H-pyrrole nitrogens is 1. The third-order valence-electron chi connectivity index (χ3n) is 5.71. The Balaban J connectivity index is 1.54. The largest absolute Gasteiger partial charge is 0.469 e. The number of fused-ring (bicyclic) bond motifs is 3. The van der Waals surface area contributed by atoms with Crippen molar-refractivity contribution in [1.82, 2.24) is 14.9 Å². The standard InChI is InChI=1S/C24H23N3O2/c1-16-6-4-10-21(25-16)24-23-19(18-8-2-3-9-20(18)26-23)13-14-27(24)22(28)12-11-17-7-5-15-29-17/h2-10,15,24,26H,11-14H2,1H3/t24-/m1/s1. The lowest BCUT2D eigenvalue weighted by atomic mass is 9.94. The molecule has 146 valence electrons. The van der Waals surface area contributed by atoms with Crippen LogP contribution in [0.3, 0.4) is 0 Å². The van der Waals surface area contributed by atoms with Crippen molar-refractivity contribution >= 4 is 16.8 Å². The molecule has 0 spiro atoms. The second-order valence-corrected chi connectivity index (χ2v) is 7.59. The van der Waals surface area contributed by atoms with Crippen LogP contribution in [0.5, 0.6) is 0 Å². The zero-order valence-corrected chi connectivity index (χ0v) is 16.4. The quantitative estimate of drug-likeness (QED) is 0.560. The molecule has 1 aliphatic rings. The van der Waals surface area contributed by atoms with Crippen LogP contribution in [0, 0.1) is 6.92 Å². The molecule has 5 nitrogen and oxygen atoms in total. The molecule has 4 aromatic rings. The van der Waals surface area contributed by atoms with Gasteiger partial charge in [-0.15, -0.1) is 0 Å². The Morgan fingerprint density at radius 3 is 2.90 bits per heavy atom. The smallest absolute Gasteiger partial charge is 0.223 e. The van der Waals surface area contributed by atoms with Crippen LogP contribution < -0.4 is 0 Å². The Morgan fingerprint density at radius 1 is 1.17 bits per heavy atom. The van der Waals surface area contributed by atoms with E-state index in [4.69, 9.17) is 9.40 Å². The molecule has 1 atom stereocenters. The second-order valence-electron chi connectivity index (χ2n) is 7.59. The number of hydrogen-bond donors (Lipinski definition) is 1. The number of carbonyl (C=O) groups is 1. The lowest BCUT2D eigenvalue weighted by molar-refractivity contribution is -0.133.